The molecule has 4 rings (SSSR count). The molecule has 1 aromatic heterocycles. The van der Waals surface area contributed by atoms with Gasteiger partial charge in [0.15, 0.2) is 0 Å². The van der Waals surface area contributed by atoms with E-state index in [1.165, 1.54) is 0 Å². The van der Waals surface area contributed by atoms with E-state index in [-0.39, 0.29) is 5.91 Å². The number of carbonyl (C=O) groups is 1. The van der Waals surface area contributed by atoms with Gasteiger partial charge in [-0.25, -0.2) is 4.98 Å². The quantitative estimate of drug-likeness (QED) is 0.545. The van der Waals surface area contributed by atoms with Crippen LogP contribution in [0.2, 0.25) is 5.02 Å². The van der Waals surface area contributed by atoms with Gasteiger partial charge < -0.3 is 9.88 Å². The number of hydrogen-bond donors (Lipinski definition) is 1. The number of aryl methyl sites for hydroxylation is 1. The van der Waals surface area contributed by atoms with Crippen molar-refractivity contribution in [1.82, 2.24) is 14.9 Å². The molecule has 1 N–H and O–H groups in total. The second-order valence-corrected chi connectivity index (χ2v) is 8.15. The van der Waals surface area contributed by atoms with Crippen LogP contribution in [0.25, 0.3) is 11.4 Å². The number of rotatable bonds is 7. The summed E-state index contributed by atoms with van der Waals surface area (Å²) in [5, 5.41) is 3.90. The highest BCUT2D eigenvalue weighted by molar-refractivity contribution is 6.30. The van der Waals surface area contributed by atoms with Crippen molar-refractivity contribution in [2.24, 2.45) is 0 Å². The lowest BCUT2D eigenvalue weighted by atomic mass is 9.78. The Bertz CT molecular complexity index is 944. The van der Waals surface area contributed by atoms with Gasteiger partial charge in [-0.3, -0.25) is 4.79 Å². The predicted molar refractivity (Wildman–Crippen MR) is 117 cm³/mol. The summed E-state index contributed by atoms with van der Waals surface area (Å²) in [6, 6.07) is 18.0. The molecule has 1 amide bonds. The molecule has 0 unspecified atom stereocenters. The molecule has 0 aliphatic heterocycles. The van der Waals surface area contributed by atoms with Crippen molar-refractivity contribution in [3.8, 4) is 11.4 Å². The van der Waals surface area contributed by atoms with Crippen molar-refractivity contribution in [3.63, 3.8) is 0 Å². The maximum atomic E-state index is 13.1. The molecular formula is C24H26ClN3O. The molecule has 0 saturated heterocycles. The Balaban J connectivity index is 1.37. The molecule has 3 aromatic rings. The van der Waals surface area contributed by atoms with Gasteiger partial charge in [0.05, 0.1) is 5.41 Å². The first-order chi connectivity index (χ1) is 14.2. The van der Waals surface area contributed by atoms with Gasteiger partial charge in [0.1, 0.15) is 5.82 Å². The molecule has 1 saturated carbocycles. The molecule has 150 valence electrons. The summed E-state index contributed by atoms with van der Waals surface area (Å²) in [4.78, 5) is 17.6. The van der Waals surface area contributed by atoms with Gasteiger partial charge in [0, 0.05) is 36.1 Å². The molecule has 1 aliphatic rings. The van der Waals surface area contributed by atoms with Crippen LogP contribution in [0.1, 0.15) is 37.7 Å². The van der Waals surface area contributed by atoms with Crippen LogP contribution in [-0.2, 0) is 16.8 Å². The fourth-order valence-electron chi connectivity index (χ4n) is 4.35. The van der Waals surface area contributed by atoms with Crippen LogP contribution >= 0.6 is 11.6 Å². The zero-order valence-corrected chi connectivity index (χ0v) is 17.2. The van der Waals surface area contributed by atoms with E-state index in [9.17, 15) is 4.79 Å². The molecule has 2 aromatic carbocycles. The largest absolute Gasteiger partial charge is 0.355 e. The topological polar surface area (TPSA) is 46.9 Å². The van der Waals surface area contributed by atoms with E-state index in [1.54, 1.807) is 0 Å². The van der Waals surface area contributed by atoms with Crippen LogP contribution < -0.4 is 5.32 Å². The monoisotopic (exact) mass is 407 g/mol. The van der Waals surface area contributed by atoms with Gasteiger partial charge >= 0.3 is 0 Å². The Morgan fingerprint density at radius 2 is 1.79 bits per heavy atom. The summed E-state index contributed by atoms with van der Waals surface area (Å²) in [7, 11) is 0. The van der Waals surface area contributed by atoms with Crippen LogP contribution in [0.5, 0.6) is 0 Å². The third kappa shape index (κ3) is 4.23. The fourth-order valence-corrected chi connectivity index (χ4v) is 4.48. The maximum Gasteiger partial charge on any atom is 0.230 e. The highest BCUT2D eigenvalue weighted by Crippen LogP contribution is 2.41. The molecule has 0 radical (unpaired) electrons. The minimum Gasteiger partial charge on any atom is -0.355 e. The van der Waals surface area contributed by atoms with Gasteiger partial charge in [-0.1, -0.05) is 66.9 Å². The van der Waals surface area contributed by atoms with Crippen molar-refractivity contribution in [3.05, 3.63) is 77.6 Å². The summed E-state index contributed by atoms with van der Waals surface area (Å²) < 4.78 is 2.14. The predicted octanol–water partition coefficient (Wildman–Crippen LogP) is 5.22. The summed E-state index contributed by atoms with van der Waals surface area (Å²) in [6.07, 6.45) is 8.67. The Morgan fingerprint density at radius 1 is 1.07 bits per heavy atom. The van der Waals surface area contributed by atoms with Crippen LogP contribution in [0.15, 0.2) is 67.0 Å². The van der Waals surface area contributed by atoms with E-state index in [1.807, 2.05) is 54.9 Å². The second kappa shape index (κ2) is 8.83. The number of carbonyl (C=O) groups excluding carboxylic acids is 1. The smallest absolute Gasteiger partial charge is 0.230 e. The van der Waals surface area contributed by atoms with E-state index in [4.69, 9.17) is 11.6 Å². The third-order valence-electron chi connectivity index (χ3n) is 5.90. The summed E-state index contributed by atoms with van der Waals surface area (Å²) >= 11 is 6.04. The van der Waals surface area contributed by atoms with Crippen molar-refractivity contribution in [2.75, 3.05) is 6.54 Å². The first-order valence-electron chi connectivity index (χ1n) is 10.3. The van der Waals surface area contributed by atoms with E-state index < -0.39 is 5.41 Å². The summed E-state index contributed by atoms with van der Waals surface area (Å²) in [5.74, 6) is 1.11. The van der Waals surface area contributed by atoms with Crippen LogP contribution in [-0.4, -0.2) is 22.0 Å². The zero-order chi connectivity index (χ0) is 20.1. The number of hydrogen-bond acceptors (Lipinski definition) is 2. The van der Waals surface area contributed by atoms with Gasteiger partial charge in [0.25, 0.3) is 0 Å². The Labute approximate surface area is 176 Å². The van der Waals surface area contributed by atoms with E-state index in [0.29, 0.717) is 11.6 Å². The number of halogens is 1. The number of amides is 1. The number of imidazole rings is 1. The van der Waals surface area contributed by atoms with Crippen LogP contribution in [0, 0.1) is 0 Å². The molecule has 29 heavy (non-hydrogen) atoms. The average Bonchev–Trinajstić information content (AvgIpc) is 3.43. The van der Waals surface area contributed by atoms with E-state index >= 15 is 0 Å². The van der Waals surface area contributed by atoms with Gasteiger partial charge in [-0.2, -0.15) is 0 Å². The van der Waals surface area contributed by atoms with E-state index in [0.717, 1.165) is 55.6 Å². The van der Waals surface area contributed by atoms with Gasteiger partial charge in [0.2, 0.25) is 5.91 Å². The highest BCUT2D eigenvalue weighted by Gasteiger charge is 2.42. The lowest BCUT2D eigenvalue weighted by molar-refractivity contribution is -0.126. The SMILES string of the molecule is O=C(NCCCn1ccnc1-c1ccccc1)C1(c2ccc(Cl)cc2)CCCC1. The van der Waals surface area contributed by atoms with Crippen LogP contribution in [0.3, 0.4) is 0 Å². The Morgan fingerprint density at radius 3 is 2.52 bits per heavy atom. The maximum absolute atomic E-state index is 13.1. The third-order valence-corrected chi connectivity index (χ3v) is 6.15. The molecule has 0 bridgehead atoms. The Kier molecular flexibility index (Phi) is 6.00. The standard InChI is InChI=1S/C24H26ClN3O/c25-21-11-9-20(10-12-21)24(13-4-5-14-24)23(29)27-15-6-17-28-18-16-26-22(28)19-7-2-1-3-8-19/h1-3,7-12,16,18H,4-6,13-15,17H2,(H,27,29). The van der Waals surface area contributed by atoms with Crippen LogP contribution in [0.4, 0.5) is 0 Å². The minimum absolute atomic E-state index is 0.145. The Hall–Kier alpha value is -2.59. The number of aromatic nitrogens is 2. The van der Waals surface area contributed by atoms with Crippen molar-refractivity contribution < 1.29 is 4.79 Å². The number of benzene rings is 2. The molecule has 1 fully saturated rings. The normalized spacial score (nSPS) is 15.3. The number of nitrogens with zero attached hydrogens (tertiary/aromatic N) is 2. The lowest BCUT2D eigenvalue weighted by Crippen LogP contribution is -2.43. The molecule has 1 heterocycles. The number of nitrogens with one attached hydrogen (secondary N) is 1. The second-order valence-electron chi connectivity index (χ2n) is 7.72. The zero-order valence-electron chi connectivity index (χ0n) is 16.5. The van der Waals surface area contributed by atoms with Gasteiger partial charge in [-0.05, 0) is 37.0 Å². The first-order valence-corrected chi connectivity index (χ1v) is 10.7. The first kappa shape index (κ1) is 19.7. The van der Waals surface area contributed by atoms with Gasteiger partial charge in [-0.15, -0.1) is 0 Å². The lowest BCUT2D eigenvalue weighted by Gasteiger charge is -2.28. The summed E-state index contributed by atoms with van der Waals surface area (Å²) in [5.41, 5.74) is 1.78. The molecule has 4 nitrogen and oxygen atoms in total. The molecular weight excluding hydrogens is 382 g/mol. The molecule has 0 spiro atoms. The minimum atomic E-state index is -0.408. The average molecular weight is 408 g/mol. The fraction of sp³-hybridized carbons (Fsp3) is 0.333. The summed E-state index contributed by atoms with van der Waals surface area (Å²) in [6.45, 7) is 1.47. The van der Waals surface area contributed by atoms with E-state index in [2.05, 4.69) is 27.0 Å². The van der Waals surface area contributed by atoms with Crippen molar-refractivity contribution in [2.45, 2.75) is 44.1 Å². The van der Waals surface area contributed by atoms with Crippen molar-refractivity contribution in [1.29, 1.82) is 0 Å². The van der Waals surface area contributed by atoms with Crippen molar-refractivity contribution >= 4 is 17.5 Å². The molecule has 0 atom stereocenters. The highest BCUT2D eigenvalue weighted by atomic mass is 35.5. The molecule has 1 aliphatic carbocycles. The molecule has 5 heteroatoms.